The Morgan fingerprint density at radius 1 is 1.17 bits per heavy atom. The zero-order valence-corrected chi connectivity index (χ0v) is 14.5. The normalized spacial score (nSPS) is 13.8. The van der Waals surface area contributed by atoms with Crippen LogP contribution in [0.5, 0.6) is 0 Å². The maximum atomic E-state index is 13.0. The first-order valence-corrected chi connectivity index (χ1v) is 8.97. The molecule has 1 aliphatic carbocycles. The van der Waals surface area contributed by atoms with E-state index in [0.29, 0.717) is 5.13 Å². The summed E-state index contributed by atoms with van der Waals surface area (Å²) >= 11 is 1.39. The maximum Gasteiger partial charge on any atom is 0.258 e. The molecule has 0 fully saturated rings. The number of carbonyl (C=O) groups excluding carboxylic acids is 1. The number of carbonyl (C=O) groups is 1. The summed E-state index contributed by atoms with van der Waals surface area (Å²) < 4.78 is 0. The van der Waals surface area contributed by atoms with E-state index in [1.165, 1.54) is 11.3 Å². The second-order valence-corrected chi connectivity index (χ2v) is 7.40. The highest BCUT2D eigenvalue weighted by Crippen LogP contribution is 2.30. The zero-order chi connectivity index (χ0) is 16.7. The zero-order valence-electron chi connectivity index (χ0n) is 13.7. The summed E-state index contributed by atoms with van der Waals surface area (Å²) in [5, 5.41) is 13.2. The molecule has 0 unspecified atom stereocenters. The molecule has 2 heterocycles. The minimum atomic E-state index is -0.109. The molecule has 0 aliphatic heterocycles. The van der Waals surface area contributed by atoms with Crippen molar-refractivity contribution >= 4 is 33.3 Å². The van der Waals surface area contributed by atoms with E-state index in [-0.39, 0.29) is 5.91 Å². The summed E-state index contributed by atoms with van der Waals surface area (Å²) in [7, 11) is 0. The van der Waals surface area contributed by atoms with Crippen molar-refractivity contribution in [3.63, 3.8) is 0 Å². The number of aryl methyl sites for hydroxylation is 3. The van der Waals surface area contributed by atoms with Crippen molar-refractivity contribution < 1.29 is 4.79 Å². The van der Waals surface area contributed by atoms with Crippen molar-refractivity contribution in [2.75, 3.05) is 5.32 Å². The number of rotatable bonds is 2. The molecular formula is C18H18N4OS. The van der Waals surface area contributed by atoms with Crippen molar-refractivity contribution in [3.05, 3.63) is 45.6 Å². The molecule has 0 atom stereocenters. The molecule has 2 aromatic heterocycles. The van der Waals surface area contributed by atoms with Gasteiger partial charge in [-0.05, 0) is 57.2 Å². The van der Waals surface area contributed by atoms with Gasteiger partial charge in [-0.2, -0.15) is 0 Å². The van der Waals surface area contributed by atoms with Crippen molar-refractivity contribution in [1.82, 2.24) is 15.2 Å². The Morgan fingerprint density at radius 3 is 2.79 bits per heavy atom. The molecule has 0 bridgehead atoms. The van der Waals surface area contributed by atoms with Crippen LogP contribution >= 0.6 is 11.3 Å². The van der Waals surface area contributed by atoms with Crippen LogP contribution in [0.1, 0.15) is 45.0 Å². The van der Waals surface area contributed by atoms with E-state index in [9.17, 15) is 4.79 Å². The Bertz CT molecular complexity index is 948. The Morgan fingerprint density at radius 2 is 2.00 bits per heavy atom. The van der Waals surface area contributed by atoms with Crippen LogP contribution in [0.2, 0.25) is 0 Å². The van der Waals surface area contributed by atoms with Gasteiger partial charge in [-0.25, -0.2) is 0 Å². The second kappa shape index (κ2) is 5.94. The van der Waals surface area contributed by atoms with E-state index in [0.717, 1.165) is 64.0 Å². The summed E-state index contributed by atoms with van der Waals surface area (Å²) in [5.74, 6) is -0.109. The number of benzene rings is 1. The number of amides is 1. The van der Waals surface area contributed by atoms with Crippen molar-refractivity contribution in [2.45, 2.75) is 39.5 Å². The van der Waals surface area contributed by atoms with E-state index in [1.807, 2.05) is 26.0 Å². The van der Waals surface area contributed by atoms with Crippen LogP contribution in [-0.4, -0.2) is 21.1 Å². The molecule has 1 N–H and O–H groups in total. The molecule has 1 aliphatic rings. The fourth-order valence-electron chi connectivity index (χ4n) is 3.30. The SMILES string of the molecule is Cc1ccc2nc3c(c(C(=O)Nc4nnc(C)s4)c2c1)CCCC3. The molecule has 122 valence electrons. The third-order valence-electron chi connectivity index (χ3n) is 4.39. The fourth-order valence-corrected chi connectivity index (χ4v) is 3.89. The van der Waals surface area contributed by atoms with Gasteiger partial charge in [-0.15, -0.1) is 10.2 Å². The van der Waals surface area contributed by atoms with Gasteiger partial charge >= 0.3 is 0 Å². The third-order valence-corrected chi connectivity index (χ3v) is 5.14. The molecule has 1 aromatic carbocycles. The first kappa shape index (κ1) is 15.2. The third kappa shape index (κ3) is 2.67. The van der Waals surface area contributed by atoms with E-state index in [1.54, 1.807) is 0 Å². The molecule has 5 nitrogen and oxygen atoms in total. The molecule has 1 amide bonds. The fraction of sp³-hybridized carbons (Fsp3) is 0.333. The Hall–Kier alpha value is -2.34. The Balaban J connectivity index is 1.87. The van der Waals surface area contributed by atoms with Gasteiger partial charge in [0.05, 0.1) is 11.1 Å². The number of hydrogen-bond acceptors (Lipinski definition) is 5. The average molecular weight is 338 g/mol. The van der Waals surface area contributed by atoms with Gasteiger partial charge in [0.2, 0.25) is 5.13 Å². The van der Waals surface area contributed by atoms with Crippen LogP contribution in [0.15, 0.2) is 18.2 Å². The first-order valence-electron chi connectivity index (χ1n) is 8.15. The second-order valence-electron chi connectivity index (χ2n) is 6.22. The van der Waals surface area contributed by atoms with Crippen molar-refractivity contribution in [2.24, 2.45) is 0 Å². The number of nitrogens with one attached hydrogen (secondary N) is 1. The summed E-state index contributed by atoms with van der Waals surface area (Å²) in [6.45, 7) is 3.91. The summed E-state index contributed by atoms with van der Waals surface area (Å²) in [6, 6.07) is 6.10. The quantitative estimate of drug-likeness (QED) is 0.771. The van der Waals surface area contributed by atoms with Crippen molar-refractivity contribution in [1.29, 1.82) is 0 Å². The Kier molecular flexibility index (Phi) is 3.76. The lowest BCUT2D eigenvalue weighted by molar-refractivity contribution is 0.102. The monoisotopic (exact) mass is 338 g/mol. The molecule has 0 saturated heterocycles. The highest BCUT2D eigenvalue weighted by molar-refractivity contribution is 7.15. The molecule has 24 heavy (non-hydrogen) atoms. The predicted molar refractivity (Wildman–Crippen MR) is 95.7 cm³/mol. The van der Waals surface area contributed by atoms with Gasteiger partial charge in [0.25, 0.3) is 5.91 Å². The molecular weight excluding hydrogens is 320 g/mol. The summed E-state index contributed by atoms with van der Waals surface area (Å²) in [6.07, 6.45) is 4.08. The van der Waals surface area contributed by atoms with Crippen LogP contribution in [0, 0.1) is 13.8 Å². The largest absolute Gasteiger partial charge is 0.296 e. The molecule has 0 spiro atoms. The highest BCUT2D eigenvalue weighted by atomic mass is 32.1. The van der Waals surface area contributed by atoms with E-state index in [2.05, 4.69) is 21.6 Å². The smallest absolute Gasteiger partial charge is 0.258 e. The van der Waals surface area contributed by atoms with Crippen molar-refractivity contribution in [3.8, 4) is 0 Å². The average Bonchev–Trinajstić information content (AvgIpc) is 2.97. The maximum absolute atomic E-state index is 13.0. The number of aromatic nitrogens is 3. The minimum absolute atomic E-state index is 0.109. The van der Waals surface area contributed by atoms with Gasteiger partial charge < -0.3 is 0 Å². The number of nitrogens with zero attached hydrogens (tertiary/aromatic N) is 3. The summed E-state index contributed by atoms with van der Waals surface area (Å²) in [5.41, 5.74) is 4.93. The number of hydrogen-bond donors (Lipinski definition) is 1. The van der Waals surface area contributed by atoms with E-state index >= 15 is 0 Å². The van der Waals surface area contributed by atoms with Gasteiger partial charge in [0.15, 0.2) is 0 Å². The number of fused-ring (bicyclic) bond motifs is 2. The van der Waals surface area contributed by atoms with Gasteiger partial charge in [-0.3, -0.25) is 15.1 Å². The van der Waals surface area contributed by atoms with Crippen LogP contribution in [-0.2, 0) is 12.8 Å². The lowest BCUT2D eigenvalue weighted by Crippen LogP contribution is -2.19. The molecule has 0 saturated carbocycles. The molecule has 3 aromatic rings. The number of anilines is 1. The standard InChI is InChI=1S/C18H18N4OS/c1-10-7-8-15-13(9-10)16(12-5-3-4-6-14(12)19-15)17(23)20-18-22-21-11(2)24-18/h7-9H,3-6H2,1-2H3,(H,20,22,23). The Labute approximate surface area is 144 Å². The molecule has 4 rings (SSSR count). The van der Waals surface area contributed by atoms with Crippen LogP contribution in [0.25, 0.3) is 10.9 Å². The molecule has 6 heteroatoms. The van der Waals surface area contributed by atoms with Gasteiger partial charge in [0.1, 0.15) is 5.01 Å². The van der Waals surface area contributed by atoms with Crippen LogP contribution < -0.4 is 5.32 Å². The number of pyridine rings is 1. The van der Waals surface area contributed by atoms with Crippen LogP contribution in [0.4, 0.5) is 5.13 Å². The van der Waals surface area contributed by atoms with E-state index < -0.39 is 0 Å². The lowest BCUT2D eigenvalue weighted by Gasteiger charge is -2.20. The minimum Gasteiger partial charge on any atom is -0.296 e. The summed E-state index contributed by atoms with van der Waals surface area (Å²) in [4.78, 5) is 17.8. The van der Waals surface area contributed by atoms with Gasteiger partial charge in [-0.1, -0.05) is 23.0 Å². The van der Waals surface area contributed by atoms with E-state index in [4.69, 9.17) is 4.98 Å². The van der Waals surface area contributed by atoms with Gasteiger partial charge in [0, 0.05) is 11.1 Å². The molecule has 0 radical (unpaired) electrons. The highest BCUT2D eigenvalue weighted by Gasteiger charge is 2.23. The first-order chi connectivity index (χ1) is 11.6. The topological polar surface area (TPSA) is 67.8 Å². The van der Waals surface area contributed by atoms with Crippen LogP contribution in [0.3, 0.4) is 0 Å². The lowest BCUT2D eigenvalue weighted by atomic mass is 9.89. The predicted octanol–water partition coefficient (Wildman–Crippen LogP) is 3.83.